The Balaban J connectivity index is 2.32. The molecule has 3 heteroatoms. The third-order valence-electron chi connectivity index (χ3n) is 2.23. The smallest absolute Gasteiger partial charge is 0.160 e. The van der Waals surface area contributed by atoms with Crippen LogP contribution in [-0.4, -0.2) is 11.3 Å². The number of nitrogens with zero attached hydrogens (tertiary/aromatic N) is 1. The molecule has 0 aliphatic carbocycles. The van der Waals surface area contributed by atoms with E-state index in [1.807, 2.05) is 24.4 Å². The first-order chi connectivity index (χ1) is 7.33. The van der Waals surface area contributed by atoms with Gasteiger partial charge in [-0.15, -0.1) is 11.3 Å². The molecule has 76 valence electrons. The molecule has 0 N–H and O–H groups in total. The summed E-state index contributed by atoms with van der Waals surface area (Å²) in [7, 11) is 0. The maximum Gasteiger partial charge on any atom is 0.160 e. The first kappa shape index (κ1) is 10.1. The standard InChI is InChI=1S/C12H11NOS/c1-2-9-3-5-11(13-7-9)12-6-4-10(8-14)15-12/h3-8H,2H2,1H3. The monoisotopic (exact) mass is 217 g/mol. The van der Waals surface area contributed by atoms with Gasteiger partial charge in [-0.3, -0.25) is 9.78 Å². The van der Waals surface area contributed by atoms with Crippen LogP contribution < -0.4 is 0 Å². The van der Waals surface area contributed by atoms with E-state index < -0.39 is 0 Å². The molecule has 0 saturated carbocycles. The molecule has 15 heavy (non-hydrogen) atoms. The van der Waals surface area contributed by atoms with Crippen LogP contribution in [-0.2, 0) is 6.42 Å². The Labute approximate surface area is 92.6 Å². The fourth-order valence-corrected chi connectivity index (χ4v) is 2.13. The van der Waals surface area contributed by atoms with Crippen molar-refractivity contribution in [3.63, 3.8) is 0 Å². The number of thiophene rings is 1. The maximum atomic E-state index is 10.5. The number of carbonyl (C=O) groups excluding carboxylic acids is 1. The first-order valence-electron chi connectivity index (χ1n) is 4.84. The molecule has 0 aliphatic rings. The third kappa shape index (κ3) is 2.13. The third-order valence-corrected chi connectivity index (χ3v) is 3.26. The van der Waals surface area contributed by atoms with Gasteiger partial charge in [0.2, 0.25) is 0 Å². The van der Waals surface area contributed by atoms with Gasteiger partial charge in [-0.2, -0.15) is 0 Å². The average molecular weight is 217 g/mol. The average Bonchev–Trinajstić information content (AvgIpc) is 2.78. The SMILES string of the molecule is CCc1ccc(-c2ccc(C=O)s2)nc1. The van der Waals surface area contributed by atoms with Gasteiger partial charge in [0.15, 0.2) is 6.29 Å². The van der Waals surface area contributed by atoms with E-state index >= 15 is 0 Å². The van der Waals surface area contributed by atoms with Crippen molar-refractivity contribution in [2.24, 2.45) is 0 Å². The van der Waals surface area contributed by atoms with E-state index in [1.54, 1.807) is 0 Å². The summed E-state index contributed by atoms with van der Waals surface area (Å²) in [6, 6.07) is 7.83. The maximum absolute atomic E-state index is 10.5. The first-order valence-corrected chi connectivity index (χ1v) is 5.65. The molecule has 2 nitrogen and oxygen atoms in total. The van der Waals surface area contributed by atoms with Crippen LogP contribution in [0.3, 0.4) is 0 Å². The van der Waals surface area contributed by atoms with Gasteiger partial charge < -0.3 is 0 Å². The molecule has 2 rings (SSSR count). The summed E-state index contributed by atoms with van der Waals surface area (Å²) >= 11 is 1.47. The highest BCUT2D eigenvalue weighted by atomic mass is 32.1. The second-order valence-corrected chi connectivity index (χ2v) is 4.34. The number of aldehydes is 1. The lowest BCUT2D eigenvalue weighted by atomic mass is 10.2. The van der Waals surface area contributed by atoms with Gasteiger partial charge in [-0.05, 0) is 30.2 Å². The highest BCUT2D eigenvalue weighted by Gasteiger charge is 2.03. The van der Waals surface area contributed by atoms with E-state index in [4.69, 9.17) is 0 Å². The number of aromatic nitrogens is 1. The molecule has 0 bridgehead atoms. The lowest BCUT2D eigenvalue weighted by Crippen LogP contribution is -1.84. The van der Waals surface area contributed by atoms with Crippen LogP contribution in [0, 0.1) is 0 Å². The minimum Gasteiger partial charge on any atom is -0.297 e. The Bertz CT molecular complexity index is 459. The van der Waals surface area contributed by atoms with Crippen LogP contribution in [0.1, 0.15) is 22.2 Å². The highest BCUT2D eigenvalue weighted by Crippen LogP contribution is 2.25. The Kier molecular flexibility index (Phi) is 2.92. The molecule has 0 radical (unpaired) electrons. The van der Waals surface area contributed by atoms with Gasteiger partial charge in [-0.25, -0.2) is 0 Å². The van der Waals surface area contributed by atoms with Gasteiger partial charge in [0, 0.05) is 6.20 Å². The number of hydrogen-bond donors (Lipinski definition) is 0. The van der Waals surface area contributed by atoms with Crippen molar-refractivity contribution >= 4 is 17.6 Å². The van der Waals surface area contributed by atoms with Crippen LogP contribution in [0.25, 0.3) is 10.6 Å². The zero-order valence-corrected chi connectivity index (χ0v) is 9.25. The van der Waals surface area contributed by atoms with Crippen molar-refractivity contribution in [1.82, 2.24) is 4.98 Å². The number of pyridine rings is 1. The molecule has 2 aromatic heterocycles. The molecule has 0 unspecified atom stereocenters. The summed E-state index contributed by atoms with van der Waals surface area (Å²) in [6.45, 7) is 2.10. The molecule has 2 heterocycles. The van der Waals surface area contributed by atoms with E-state index in [0.29, 0.717) is 0 Å². The molecule has 0 aromatic carbocycles. The molecule has 0 atom stereocenters. The Morgan fingerprint density at radius 3 is 2.73 bits per heavy atom. The zero-order chi connectivity index (χ0) is 10.7. The predicted octanol–water partition coefficient (Wildman–Crippen LogP) is 3.19. The van der Waals surface area contributed by atoms with Gasteiger partial charge in [0.25, 0.3) is 0 Å². The number of hydrogen-bond acceptors (Lipinski definition) is 3. The number of rotatable bonds is 3. The number of aryl methyl sites for hydroxylation is 1. The summed E-state index contributed by atoms with van der Waals surface area (Å²) in [4.78, 5) is 16.7. The van der Waals surface area contributed by atoms with Crippen molar-refractivity contribution in [2.45, 2.75) is 13.3 Å². The van der Waals surface area contributed by atoms with Crippen LogP contribution in [0.4, 0.5) is 0 Å². The lowest BCUT2D eigenvalue weighted by molar-refractivity contribution is 0.112. The highest BCUT2D eigenvalue weighted by molar-refractivity contribution is 7.17. The van der Waals surface area contributed by atoms with Gasteiger partial charge in [0.05, 0.1) is 15.4 Å². The molecule has 0 fully saturated rings. The summed E-state index contributed by atoms with van der Waals surface area (Å²) in [5.41, 5.74) is 2.16. The van der Waals surface area contributed by atoms with Crippen molar-refractivity contribution < 1.29 is 4.79 Å². The van der Waals surface area contributed by atoms with Crippen molar-refractivity contribution in [3.05, 3.63) is 40.9 Å². The van der Waals surface area contributed by atoms with Gasteiger partial charge >= 0.3 is 0 Å². The van der Waals surface area contributed by atoms with Crippen LogP contribution in [0.2, 0.25) is 0 Å². The molecular formula is C12H11NOS. The van der Waals surface area contributed by atoms with E-state index in [1.165, 1.54) is 16.9 Å². The summed E-state index contributed by atoms with van der Waals surface area (Å²) in [6.07, 6.45) is 3.75. The quantitative estimate of drug-likeness (QED) is 0.739. The molecule has 2 aromatic rings. The Morgan fingerprint density at radius 2 is 2.20 bits per heavy atom. The van der Waals surface area contributed by atoms with Crippen LogP contribution >= 0.6 is 11.3 Å². The summed E-state index contributed by atoms with van der Waals surface area (Å²) in [5.74, 6) is 0. The summed E-state index contributed by atoms with van der Waals surface area (Å²) in [5, 5.41) is 0. The minimum absolute atomic E-state index is 0.742. The Hall–Kier alpha value is -1.48. The fourth-order valence-electron chi connectivity index (χ4n) is 1.33. The topological polar surface area (TPSA) is 30.0 Å². The second kappa shape index (κ2) is 4.36. The van der Waals surface area contributed by atoms with E-state index in [-0.39, 0.29) is 0 Å². The zero-order valence-electron chi connectivity index (χ0n) is 8.43. The van der Waals surface area contributed by atoms with Crippen molar-refractivity contribution in [3.8, 4) is 10.6 Å². The fraction of sp³-hybridized carbons (Fsp3) is 0.167. The molecule has 0 amide bonds. The van der Waals surface area contributed by atoms with Crippen molar-refractivity contribution in [2.75, 3.05) is 0 Å². The predicted molar refractivity (Wildman–Crippen MR) is 62.3 cm³/mol. The Morgan fingerprint density at radius 1 is 1.33 bits per heavy atom. The second-order valence-electron chi connectivity index (χ2n) is 3.23. The molecule has 0 saturated heterocycles. The molecule has 0 spiro atoms. The van der Waals surface area contributed by atoms with E-state index in [0.717, 1.165) is 28.2 Å². The van der Waals surface area contributed by atoms with E-state index in [9.17, 15) is 4.79 Å². The van der Waals surface area contributed by atoms with Crippen LogP contribution in [0.5, 0.6) is 0 Å². The van der Waals surface area contributed by atoms with Gasteiger partial charge in [0.1, 0.15) is 0 Å². The summed E-state index contributed by atoms with van der Waals surface area (Å²) < 4.78 is 0. The molecule has 0 aliphatic heterocycles. The largest absolute Gasteiger partial charge is 0.297 e. The number of carbonyl (C=O) groups is 1. The normalized spacial score (nSPS) is 10.2. The minimum atomic E-state index is 0.742. The molecular weight excluding hydrogens is 206 g/mol. The van der Waals surface area contributed by atoms with Crippen LogP contribution in [0.15, 0.2) is 30.5 Å². The lowest BCUT2D eigenvalue weighted by Gasteiger charge is -1.98. The van der Waals surface area contributed by atoms with E-state index in [2.05, 4.69) is 18.0 Å². The van der Waals surface area contributed by atoms with Gasteiger partial charge in [-0.1, -0.05) is 13.0 Å². The van der Waals surface area contributed by atoms with Crippen molar-refractivity contribution in [1.29, 1.82) is 0 Å².